The largest absolute Gasteiger partial charge is 0.396 e. The van der Waals surface area contributed by atoms with Crippen LogP contribution >= 0.6 is 0 Å². The number of aliphatic hydroxyl groups is 2. The Labute approximate surface area is 142 Å². The lowest BCUT2D eigenvalue weighted by Crippen LogP contribution is -2.42. The van der Waals surface area contributed by atoms with Crippen molar-refractivity contribution in [3.63, 3.8) is 0 Å². The monoisotopic (exact) mass is 338 g/mol. The van der Waals surface area contributed by atoms with Crippen molar-refractivity contribution in [1.29, 1.82) is 0 Å². The maximum absolute atomic E-state index is 14.2. The summed E-state index contributed by atoms with van der Waals surface area (Å²) in [5, 5.41) is 25.4. The number of halogens is 1. The van der Waals surface area contributed by atoms with Gasteiger partial charge in [-0.3, -0.25) is 4.79 Å². The molecule has 24 heavy (non-hydrogen) atoms. The zero-order chi connectivity index (χ0) is 17.5. The van der Waals surface area contributed by atoms with E-state index in [0.717, 1.165) is 5.56 Å². The zero-order valence-corrected chi connectivity index (χ0v) is 14.0. The van der Waals surface area contributed by atoms with Crippen molar-refractivity contribution in [3.8, 4) is 0 Å². The summed E-state index contributed by atoms with van der Waals surface area (Å²) in [5.41, 5.74) is 1.04. The molecule has 5 nitrogen and oxygen atoms in total. The molecule has 0 saturated carbocycles. The van der Waals surface area contributed by atoms with Crippen molar-refractivity contribution in [2.75, 3.05) is 13.2 Å². The van der Waals surface area contributed by atoms with Gasteiger partial charge >= 0.3 is 0 Å². The van der Waals surface area contributed by atoms with Crippen molar-refractivity contribution in [3.05, 3.63) is 35.9 Å². The van der Waals surface area contributed by atoms with Gasteiger partial charge in [0.2, 0.25) is 5.91 Å². The molecule has 134 valence electrons. The van der Waals surface area contributed by atoms with Gasteiger partial charge in [-0.15, -0.1) is 0 Å². The van der Waals surface area contributed by atoms with Gasteiger partial charge in [-0.2, -0.15) is 0 Å². The fourth-order valence-electron chi connectivity index (χ4n) is 3.17. The van der Waals surface area contributed by atoms with Crippen LogP contribution in [0.5, 0.6) is 0 Å². The molecule has 0 aliphatic carbocycles. The minimum absolute atomic E-state index is 0.0157. The second-order valence-corrected chi connectivity index (χ2v) is 6.34. The van der Waals surface area contributed by atoms with Crippen LogP contribution in [0.4, 0.5) is 4.39 Å². The van der Waals surface area contributed by atoms with E-state index in [-0.39, 0.29) is 31.0 Å². The normalized spacial score (nSPS) is 27.8. The van der Waals surface area contributed by atoms with Crippen molar-refractivity contribution in [1.82, 2.24) is 10.6 Å². The molecule has 1 fully saturated rings. The van der Waals surface area contributed by atoms with E-state index in [1.165, 1.54) is 0 Å². The molecule has 1 aliphatic heterocycles. The number of amides is 1. The highest BCUT2D eigenvalue weighted by Crippen LogP contribution is 2.26. The molecule has 0 aromatic heterocycles. The lowest BCUT2D eigenvalue weighted by Gasteiger charge is -2.20. The van der Waals surface area contributed by atoms with Crippen LogP contribution in [0, 0.1) is 0 Å². The summed E-state index contributed by atoms with van der Waals surface area (Å²) < 4.78 is 14.2. The molecule has 1 aromatic carbocycles. The lowest BCUT2D eigenvalue weighted by atomic mass is 9.92. The first-order valence-corrected chi connectivity index (χ1v) is 8.57. The standard InChI is InChI=1S/C18H27FN2O3/c1-2-16(23)20-10-15-17(19)18(24)14(21-15)9-8-13(11-22)12-6-4-3-5-7-12/h3-7,13-15,17-18,21-22,24H,2,8-11H2,1H3,(H,20,23)/t13?,14-,15-,17-,18-/m1/s1. The SMILES string of the molecule is CCC(=O)NC[C@H]1N[C@H](CCC(CO)c2ccccc2)[C@@H](O)[C@@H]1F. The van der Waals surface area contributed by atoms with E-state index in [1.807, 2.05) is 30.3 Å². The molecule has 0 spiro atoms. The first kappa shape index (κ1) is 18.8. The highest BCUT2D eigenvalue weighted by Gasteiger charge is 2.42. The number of aliphatic hydroxyl groups excluding tert-OH is 2. The maximum Gasteiger partial charge on any atom is 0.219 e. The smallest absolute Gasteiger partial charge is 0.219 e. The molecule has 1 saturated heterocycles. The molecular weight excluding hydrogens is 311 g/mol. The van der Waals surface area contributed by atoms with E-state index in [2.05, 4.69) is 10.6 Å². The molecule has 5 atom stereocenters. The molecule has 4 N–H and O–H groups in total. The van der Waals surface area contributed by atoms with Crippen LogP contribution < -0.4 is 10.6 Å². The zero-order valence-electron chi connectivity index (χ0n) is 14.0. The van der Waals surface area contributed by atoms with Crippen molar-refractivity contribution in [2.45, 2.75) is 56.5 Å². The highest BCUT2D eigenvalue weighted by atomic mass is 19.1. The van der Waals surface area contributed by atoms with Gasteiger partial charge in [0.15, 0.2) is 0 Å². The number of hydrogen-bond donors (Lipinski definition) is 4. The fraction of sp³-hybridized carbons (Fsp3) is 0.611. The summed E-state index contributed by atoms with van der Waals surface area (Å²) >= 11 is 0. The Morgan fingerprint density at radius 2 is 2.04 bits per heavy atom. The van der Waals surface area contributed by atoms with Crippen LogP contribution in [0.15, 0.2) is 30.3 Å². The lowest BCUT2D eigenvalue weighted by molar-refractivity contribution is -0.120. The van der Waals surface area contributed by atoms with E-state index in [1.54, 1.807) is 6.92 Å². The summed E-state index contributed by atoms with van der Waals surface area (Å²) in [6.07, 6.45) is -0.944. The van der Waals surface area contributed by atoms with Crippen LogP contribution in [0.1, 0.15) is 37.7 Å². The second-order valence-electron chi connectivity index (χ2n) is 6.34. The van der Waals surface area contributed by atoms with E-state index in [4.69, 9.17) is 0 Å². The third kappa shape index (κ3) is 4.75. The van der Waals surface area contributed by atoms with Crippen LogP contribution in [-0.4, -0.2) is 53.6 Å². The van der Waals surface area contributed by atoms with Crippen LogP contribution in [0.3, 0.4) is 0 Å². The molecule has 0 radical (unpaired) electrons. The number of nitrogens with one attached hydrogen (secondary N) is 2. The van der Waals surface area contributed by atoms with Gasteiger partial charge in [-0.25, -0.2) is 4.39 Å². The summed E-state index contributed by atoms with van der Waals surface area (Å²) in [4.78, 5) is 11.3. The Morgan fingerprint density at radius 3 is 2.67 bits per heavy atom. The summed E-state index contributed by atoms with van der Waals surface area (Å²) in [5.74, 6) is -0.163. The number of rotatable bonds is 8. The number of hydrogen-bond acceptors (Lipinski definition) is 4. The highest BCUT2D eigenvalue weighted by molar-refractivity contribution is 5.75. The Bertz CT molecular complexity index is 514. The van der Waals surface area contributed by atoms with Gasteiger partial charge in [0.05, 0.1) is 6.04 Å². The number of alkyl halides is 1. The first-order chi connectivity index (χ1) is 11.6. The predicted molar refractivity (Wildman–Crippen MR) is 90.4 cm³/mol. The minimum atomic E-state index is -1.41. The van der Waals surface area contributed by atoms with E-state index >= 15 is 0 Å². The van der Waals surface area contributed by atoms with Crippen LogP contribution in [-0.2, 0) is 4.79 Å². The number of carbonyl (C=O) groups excluding carboxylic acids is 1. The molecule has 6 heteroatoms. The fourth-order valence-corrected chi connectivity index (χ4v) is 3.17. The van der Waals surface area contributed by atoms with Gasteiger partial charge in [0.25, 0.3) is 0 Å². The Morgan fingerprint density at radius 1 is 1.33 bits per heavy atom. The third-order valence-electron chi connectivity index (χ3n) is 4.71. The summed E-state index contributed by atoms with van der Waals surface area (Å²) in [6.45, 7) is 1.92. The topological polar surface area (TPSA) is 81.6 Å². The van der Waals surface area contributed by atoms with E-state index in [0.29, 0.717) is 19.3 Å². The van der Waals surface area contributed by atoms with Crippen molar-refractivity contribution >= 4 is 5.91 Å². The van der Waals surface area contributed by atoms with E-state index < -0.39 is 18.3 Å². The molecular formula is C18H27FN2O3. The predicted octanol–water partition coefficient (Wildman–Crippen LogP) is 1.11. The Hall–Kier alpha value is -1.50. The molecule has 1 heterocycles. The third-order valence-corrected chi connectivity index (χ3v) is 4.71. The first-order valence-electron chi connectivity index (χ1n) is 8.57. The minimum Gasteiger partial charge on any atom is -0.396 e. The van der Waals surface area contributed by atoms with Gasteiger partial charge < -0.3 is 20.8 Å². The molecule has 1 amide bonds. The molecule has 1 aliphatic rings. The average Bonchev–Trinajstić information content (AvgIpc) is 2.89. The van der Waals surface area contributed by atoms with Crippen LogP contribution in [0.25, 0.3) is 0 Å². The number of benzene rings is 1. The van der Waals surface area contributed by atoms with Crippen molar-refractivity contribution < 1.29 is 19.4 Å². The molecule has 1 aromatic rings. The summed E-state index contributed by atoms with van der Waals surface area (Å²) in [6, 6.07) is 8.73. The molecule has 0 bridgehead atoms. The van der Waals surface area contributed by atoms with E-state index in [9.17, 15) is 19.4 Å². The van der Waals surface area contributed by atoms with Crippen molar-refractivity contribution in [2.24, 2.45) is 0 Å². The second kappa shape index (κ2) is 9.11. The molecule has 2 rings (SSSR count). The van der Waals surface area contributed by atoms with Gasteiger partial charge in [-0.1, -0.05) is 37.3 Å². The van der Waals surface area contributed by atoms with Gasteiger partial charge in [0.1, 0.15) is 12.3 Å². The Balaban J connectivity index is 1.87. The summed E-state index contributed by atoms with van der Waals surface area (Å²) in [7, 11) is 0. The van der Waals surface area contributed by atoms with Crippen LogP contribution in [0.2, 0.25) is 0 Å². The van der Waals surface area contributed by atoms with Gasteiger partial charge in [-0.05, 0) is 18.4 Å². The number of carbonyl (C=O) groups is 1. The quantitative estimate of drug-likeness (QED) is 0.572. The maximum atomic E-state index is 14.2. The molecule has 1 unspecified atom stereocenters. The Kier molecular flexibility index (Phi) is 7.15. The van der Waals surface area contributed by atoms with Gasteiger partial charge in [0, 0.05) is 31.5 Å². The average molecular weight is 338 g/mol.